The number of aromatic nitrogens is 1. The number of amides is 1. The van der Waals surface area contributed by atoms with E-state index >= 15 is 0 Å². The van der Waals surface area contributed by atoms with Crippen LogP contribution >= 0.6 is 0 Å². The number of benzene rings is 1. The van der Waals surface area contributed by atoms with Crippen molar-refractivity contribution in [2.24, 2.45) is 5.92 Å². The van der Waals surface area contributed by atoms with Crippen LogP contribution in [0.15, 0.2) is 41.2 Å². The van der Waals surface area contributed by atoms with Gasteiger partial charge in [0.05, 0.1) is 6.42 Å². The molecule has 7 heteroatoms. The molecule has 2 bridgehead atoms. The molecule has 0 saturated carbocycles. The predicted octanol–water partition coefficient (Wildman–Crippen LogP) is 1.90. The van der Waals surface area contributed by atoms with Crippen molar-refractivity contribution in [3.8, 4) is 0 Å². The lowest BCUT2D eigenvalue weighted by Gasteiger charge is -2.42. The summed E-state index contributed by atoms with van der Waals surface area (Å²) in [5, 5.41) is 2.83. The quantitative estimate of drug-likeness (QED) is 0.853. The van der Waals surface area contributed by atoms with E-state index in [9.17, 15) is 18.4 Å². The van der Waals surface area contributed by atoms with E-state index in [0.29, 0.717) is 30.5 Å². The highest BCUT2D eigenvalue weighted by Crippen LogP contribution is 2.34. The van der Waals surface area contributed by atoms with E-state index < -0.39 is 11.6 Å². The summed E-state index contributed by atoms with van der Waals surface area (Å²) in [6, 6.07) is 8.61. The Labute approximate surface area is 162 Å². The first kappa shape index (κ1) is 18.8. The average molecular weight is 387 g/mol. The molecule has 1 amide bonds. The molecule has 1 N–H and O–H groups in total. The summed E-state index contributed by atoms with van der Waals surface area (Å²) in [4.78, 5) is 26.5. The molecule has 1 saturated heterocycles. The van der Waals surface area contributed by atoms with E-state index in [4.69, 9.17) is 0 Å². The van der Waals surface area contributed by atoms with Gasteiger partial charge in [-0.15, -0.1) is 0 Å². The van der Waals surface area contributed by atoms with Gasteiger partial charge in [-0.25, -0.2) is 8.78 Å². The van der Waals surface area contributed by atoms with Crippen LogP contribution in [0.4, 0.5) is 8.78 Å². The second kappa shape index (κ2) is 7.83. The molecule has 148 valence electrons. The summed E-state index contributed by atoms with van der Waals surface area (Å²) in [6.07, 6.45) is 1.05. The van der Waals surface area contributed by atoms with Crippen LogP contribution in [0.2, 0.25) is 0 Å². The van der Waals surface area contributed by atoms with E-state index in [0.717, 1.165) is 37.8 Å². The average Bonchev–Trinajstić information content (AvgIpc) is 2.62. The van der Waals surface area contributed by atoms with Gasteiger partial charge in [0.2, 0.25) is 5.91 Å². The van der Waals surface area contributed by atoms with Crippen LogP contribution in [0, 0.1) is 17.6 Å². The van der Waals surface area contributed by atoms with Crippen molar-refractivity contribution in [3.05, 3.63) is 69.6 Å². The molecular formula is C21H23F2N3O2. The predicted molar refractivity (Wildman–Crippen MR) is 101 cm³/mol. The zero-order valence-corrected chi connectivity index (χ0v) is 15.5. The number of rotatable bonds is 5. The second-order valence-corrected chi connectivity index (χ2v) is 7.76. The summed E-state index contributed by atoms with van der Waals surface area (Å²) in [7, 11) is 0. The first-order valence-corrected chi connectivity index (χ1v) is 9.61. The number of hydrogen-bond acceptors (Lipinski definition) is 3. The minimum absolute atomic E-state index is 0.0454. The third-order valence-corrected chi connectivity index (χ3v) is 5.59. The Morgan fingerprint density at radius 2 is 1.89 bits per heavy atom. The summed E-state index contributed by atoms with van der Waals surface area (Å²) >= 11 is 0. The van der Waals surface area contributed by atoms with E-state index in [1.165, 1.54) is 12.1 Å². The monoisotopic (exact) mass is 387 g/mol. The van der Waals surface area contributed by atoms with Gasteiger partial charge in [0.25, 0.3) is 5.56 Å². The lowest BCUT2D eigenvalue weighted by Crippen LogP contribution is -2.48. The Morgan fingerprint density at radius 1 is 1.11 bits per heavy atom. The van der Waals surface area contributed by atoms with Crippen molar-refractivity contribution in [2.75, 3.05) is 26.2 Å². The molecule has 2 aromatic rings. The fraction of sp³-hybridized carbons (Fsp3) is 0.429. The van der Waals surface area contributed by atoms with Gasteiger partial charge in [-0.1, -0.05) is 6.07 Å². The number of carbonyl (C=O) groups excluding carboxylic acids is 1. The Bertz CT molecular complexity index is 923. The van der Waals surface area contributed by atoms with Gasteiger partial charge < -0.3 is 14.8 Å². The molecule has 2 aliphatic heterocycles. The SMILES string of the molecule is O=C(Cc1cc(F)cc(F)c1)NCCN1C[C@H]2C[C@@H](C1)c1cccc(=O)n1C2. The molecule has 4 rings (SSSR count). The van der Waals surface area contributed by atoms with Gasteiger partial charge in [-0.2, -0.15) is 0 Å². The molecule has 2 aliphatic rings. The third-order valence-electron chi connectivity index (χ3n) is 5.59. The number of fused-ring (bicyclic) bond motifs is 4. The fourth-order valence-electron chi connectivity index (χ4n) is 4.49. The standard InChI is InChI=1S/C21H23F2N3O2/c22-17-7-14(8-18(23)10-17)9-20(27)24-4-5-25-11-15-6-16(13-25)19-2-1-3-21(28)26(19)12-15/h1-3,7-8,10,15-16H,4-6,9,11-13H2,(H,24,27)/t15-,16+/m1/s1. The number of likely N-dealkylation sites (tertiary alicyclic amines) is 1. The molecule has 2 atom stereocenters. The summed E-state index contributed by atoms with van der Waals surface area (Å²) in [5.74, 6) is -0.826. The smallest absolute Gasteiger partial charge is 0.250 e. The number of pyridine rings is 1. The lowest BCUT2D eigenvalue weighted by atomic mass is 9.83. The van der Waals surface area contributed by atoms with Crippen LogP contribution in [0.25, 0.3) is 0 Å². The maximum absolute atomic E-state index is 13.2. The van der Waals surface area contributed by atoms with Crippen molar-refractivity contribution < 1.29 is 13.6 Å². The van der Waals surface area contributed by atoms with Gasteiger partial charge in [-0.05, 0) is 36.1 Å². The molecule has 0 aliphatic carbocycles. The fourth-order valence-corrected chi connectivity index (χ4v) is 4.49. The van der Waals surface area contributed by atoms with Gasteiger partial charge in [0.15, 0.2) is 0 Å². The Kier molecular flexibility index (Phi) is 5.26. The Hall–Kier alpha value is -2.54. The third kappa shape index (κ3) is 4.14. The van der Waals surface area contributed by atoms with Crippen LogP contribution < -0.4 is 10.9 Å². The Balaban J connectivity index is 1.29. The van der Waals surface area contributed by atoms with Crippen molar-refractivity contribution >= 4 is 5.91 Å². The van der Waals surface area contributed by atoms with E-state index in [1.54, 1.807) is 6.07 Å². The number of piperidine rings is 1. The minimum atomic E-state index is -0.679. The zero-order chi connectivity index (χ0) is 19.7. The van der Waals surface area contributed by atoms with Crippen LogP contribution in [0.3, 0.4) is 0 Å². The van der Waals surface area contributed by atoms with Crippen molar-refractivity contribution in [1.29, 1.82) is 0 Å². The molecule has 3 heterocycles. The summed E-state index contributed by atoms with van der Waals surface area (Å²) in [5.41, 5.74) is 1.50. The van der Waals surface area contributed by atoms with Crippen LogP contribution in [-0.2, 0) is 17.8 Å². The van der Waals surface area contributed by atoms with Crippen LogP contribution in [0.5, 0.6) is 0 Å². The topological polar surface area (TPSA) is 54.3 Å². The first-order chi connectivity index (χ1) is 13.5. The molecule has 5 nitrogen and oxygen atoms in total. The van der Waals surface area contributed by atoms with Crippen LogP contribution in [0.1, 0.15) is 23.6 Å². The molecule has 1 fully saturated rings. The maximum Gasteiger partial charge on any atom is 0.250 e. The van der Waals surface area contributed by atoms with Crippen molar-refractivity contribution in [2.45, 2.75) is 25.3 Å². The number of nitrogens with one attached hydrogen (secondary N) is 1. The van der Waals surface area contributed by atoms with Crippen molar-refractivity contribution in [1.82, 2.24) is 14.8 Å². The zero-order valence-electron chi connectivity index (χ0n) is 15.5. The van der Waals surface area contributed by atoms with Crippen molar-refractivity contribution in [3.63, 3.8) is 0 Å². The molecule has 1 aromatic heterocycles. The lowest BCUT2D eigenvalue weighted by molar-refractivity contribution is -0.120. The highest BCUT2D eigenvalue weighted by Gasteiger charge is 2.34. The molecule has 0 spiro atoms. The normalized spacial score (nSPS) is 21.2. The van der Waals surface area contributed by atoms with E-state index in [-0.39, 0.29) is 17.9 Å². The van der Waals surface area contributed by atoms with Gasteiger partial charge >= 0.3 is 0 Å². The molecule has 0 unspecified atom stereocenters. The molecule has 0 radical (unpaired) electrons. The van der Waals surface area contributed by atoms with Crippen LogP contribution in [-0.4, -0.2) is 41.6 Å². The Morgan fingerprint density at radius 3 is 2.68 bits per heavy atom. The largest absolute Gasteiger partial charge is 0.355 e. The highest BCUT2D eigenvalue weighted by atomic mass is 19.1. The highest BCUT2D eigenvalue weighted by molar-refractivity contribution is 5.78. The van der Waals surface area contributed by atoms with E-state index in [2.05, 4.69) is 10.2 Å². The molecule has 28 heavy (non-hydrogen) atoms. The summed E-state index contributed by atoms with van der Waals surface area (Å²) in [6.45, 7) is 3.72. The van der Waals surface area contributed by atoms with Gasteiger partial charge in [-0.3, -0.25) is 9.59 Å². The summed E-state index contributed by atoms with van der Waals surface area (Å²) < 4.78 is 28.3. The van der Waals surface area contributed by atoms with Gasteiger partial charge in [0, 0.05) is 56.5 Å². The number of hydrogen-bond donors (Lipinski definition) is 1. The molecular weight excluding hydrogens is 364 g/mol. The second-order valence-electron chi connectivity index (χ2n) is 7.76. The minimum Gasteiger partial charge on any atom is -0.355 e. The number of halogens is 2. The number of nitrogens with zero attached hydrogens (tertiary/aromatic N) is 2. The first-order valence-electron chi connectivity index (χ1n) is 9.61. The van der Waals surface area contributed by atoms with Gasteiger partial charge in [0.1, 0.15) is 11.6 Å². The van der Waals surface area contributed by atoms with E-state index in [1.807, 2.05) is 16.7 Å². The molecule has 1 aromatic carbocycles. The maximum atomic E-state index is 13.2. The number of carbonyl (C=O) groups is 1.